The molecule has 0 atom stereocenters. The summed E-state index contributed by atoms with van der Waals surface area (Å²) in [5, 5.41) is 6.25. The fourth-order valence-corrected chi connectivity index (χ4v) is 12.9. The molecule has 0 bridgehead atoms. The van der Waals surface area contributed by atoms with Crippen LogP contribution in [0.1, 0.15) is 0 Å². The summed E-state index contributed by atoms with van der Waals surface area (Å²) >= 11 is 1.76. The molecule has 6 heterocycles. The summed E-state index contributed by atoms with van der Waals surface area (Å²) in [6.45, 7) is 0. The van der Waals surface area contributed by atoms with Crippen molar-refractivity contribution >= 4 is 94.6 Å². The van der Waals surface area contributed by atoms with Crippen molar-refractivity contribution in [2.75, 3.05) is 4.90 Å². The number of nitrogens with zero attached hydrogens (tertiary/aromatic N) is 4. The van der Waals surface area contributed by atoms with E-state index in [1.165, 1.54) is 0 Å². The molecule has 2 aliphatic heterocycles. The molecule has 0 saturated heterocycles. The number of para-hydroxylation sites is 4. The van der Waals surface area contributed by atoms with E-state index in [2.05, 4.69) is 138 Å². The predicted molar refractivity (Wildman–Crippen MR) is 313 cm³/mol. The number of rotatable bonds is 6. The minimum atomic E-state index is 0.564. The van der Waals surface area contributed by atoms with Crippen molar-refractivity contribution in [2.45, 2.75) is 9.79 Å². The first-order valence-electron chi connectivity index (χ1n) is 25.9. The molecule has 0 fully saturated rings. The lowest BCUT2D eigenvalue weighted by Crippen LogP contribution is -2.19. The fraction of sp³-hybridized carbons (Fsp3) is 0. The zero-order valence-corrected chi connectivity index (χ0v) is 42.1. The zero-order valence-electron chi connectivity index (χ0n) is 41.3. The minimum Gasteiger partial charge on any atom is -0.456 e. The number of fused-ring (bicyclic) bond motifs is 13. The molecule has 0 amide bonds. The minimum absolute atomic E-state index is 0.564. The first kappa shape index (κ1) is 43.1. The number of hydrogen-bond acceptors (Lipinski definition) is 9. The van der Waals surface area contributed by atoms with Gasteiger partial charge in [-0.25, -0.2) is 15.0 Å². The van der Waals surface area contributed by atoms with E-state index < -0.39 is 0 Å². The quantitative estimate of drug-likeness (QED) is 0.161. The van der Waals surface area contributed by atoms with Crippen molar-refractivity contribution in [1.82, 2.24) is 15.0 Å². The van der Waals surface area contributed by atoms with Gasteiger partial charge in [0.05, 0.1) is 11.4 Å². The molecule has 0 unspecified atom stereocenters. The lowest BCUT2D eigenvalue weighted by atomic mass is 9.98. The van der Waals surface area contributed by atoms with Gasteiger partial charge in [-0.1, -0.05) is 176 Å². The molecule has 78 heavy (non-hydrogen) atoms. The van der Waals surface area contributed by atoms with E-state index in [9.17, 15) is 0 Å². The van der Waals surface area contributed by atoms with E-state index in [1.54, 1.807) is 11.8 Å². The maximum absolute atomic E-state index is 7.18. The lowest BCUT2D eigenvalue weighted by molar-refractivity contribution is 0.475. The van der Waals surface area contributed by atoms with Gasteiger partial charge >= 0.3 is 0 Å². The second-order valence-corrected chi connectivity index (χ2v) is 20.9. The van der Waals surface area contributed by atoms with Gasteiger partial charge in [-0.3, -0.25) is 0 Å². The highest BCUT2D eigenvalue weighted by atomic mass is 32.2. The Morgan fingerprint density at radius 3 is 1.54 bits per heavy atom. The Balaban J connectivity index is 0.837. The van der Waals surface area contributed by atoms with Gasteiger partial charge in [-0.2, -0.15) is 0 Å². The smallest absolute Gasteiger partial charge is 0.164 e. The summed E-state index contributed by atoms with van der Waals surface area (Å²) in [6, 6.07) is 79.7. The third-order valence-corrected chi connectivity index (χ3v) is 16.4. The standard InChI is InChI=1S/C69H38N4O4S/c1-3-14-39(15-4-1)67-70-68(40-16-5-2-6-17-40)72-69(71-67)51-24-13-27-58-63(51)52-34-41(30-33-57(52)74-58)44-36-60-64-62(38-44)78-61-37-43(46-21-12-23-50-48-19-8-10-26-56(48)77-66(46)50)29-32-54(61)73(64)53-31-28-42(35-59(53)75-60)45-20-11-22-49-47-18-7-9-25-55(47)76-65(45)49/h1-38H. The van der Waals surface area contributed by atoms with Crippen LogP contribution >= 0.6 is 11.8 Å². The Labute approximate surface area is 449 Å². The van der Waals surface area contributed by atoms with Crippen molar-refractivity contribution in [3.8, 4) is 79.0 Å². The maximum Gasteiger partial charge on any atom is 0.164 e. The third kappa shape index (κ3) is 6.58. The van der Waals surface area contributed by atoms with E-state index in [4.69, 9.17) is 32.9 Å². The topological polar surface area (TPSA) is 90.6 Å². The van der Waals surface area contributed by atoms with Gasteiger partial charge < -0.3 is 22.9 Å². The molecule has 0 saturated carbocycles. The largest absolute Gasteiger partial charge is 0.456 e. The van der Waals surface area contributed by atoms with E-state index in [0.717, 1.165) is 154 Å². The molecule has 17 rings (SSSR count). The number of anilines is 3. The van der Waals surface area contributed by atoms with Crippen LogP contribution in [0.3, 0.4) is 0 Å². The summed E-state index contributed by atoms with van der Waals surface area (Å²) in [7, 11) is 0. The highest BCUT2D eigenvalue weighted by Crippen LogP contribution is 2.62. The first-order chi connectivity index (χ1) is 38.6. The van der Waals surface area contributed by atoms with E-state index in [-0.39, 0.29) is 0 Å². The monoisotopic (exact) mass is 1020 g/mol. The molecular weight excluding hydrogens is 981 g/mol. The second kappa shape index (κ2) is 16.6. The Kier molecular flexibility index (Phi) is 9.19. The molecular formula is C69H38N4O4S. The number of benzene rings is 11. The molecule has 0 spiro atoms. The van der Waals surface area contributed by atoms with Gasteiger partial charge in [0.2, 0.25) is 0 Å². The van der Waals surface area contributed by atoms with Crippen LogP contribution in [0.5, 0.6) is 11.5 Å². The van der Waals surface area contributed by atoms with Crippen LogP contribution in [0.15, 0.2) is 254 Å². The van der Waals surface area contributed by atoms with Crippen LogP contribution in [0.25, 0.3) is 133 Å². The molecule has 9 heteroatoms. The molecule has 4 aromatic heterocycles. The number of hydrogen-bond donors (Lipinski definition) is 0. The van der Waals surface area contributed by atoms with E-state index in [1.807, 2.05) is 97.1 Å². The number of furan rings is 3. The van der Waals surface area contributed by atoms with Gasteiger partial charge in [0.15, 0.2) is 29.0 Å². The summed E-state index contributed by atoms with van der Waals surface area (Å²) < 4.78 is 27.0. The normalized spacial score (nSPS) is 12.6. The van der Waals surface area contributed by atoms with Crippen molar-refractivity contribution < 1.29 is 18.0 Å². The van der Waals surface area contributed by atoms with E-state index >= 15 is 0 Å². The Morgan fingerprint density at radius 1 is 0.321 bits per heavy atom. The van der Waals surface area contributed by atoms with Gasteiger partial charge in [-0.15, -0.1) is 0 Å². The van der Waals surface area contributed by atoms with Crippen molar-refractivity contribution in [2.24, 2.45) is 0 Å². The van der Waals surface area contributed by atoms with Crippen LogP contribution in [0.4, 0.5) is 17.1 Å². The van der Waals surface area contributed by atoms with Gasteiger partial charge in [0.1, 0.15) is 39.2 Å². The average Bonchev–Trinajstić information content (AvgIpc) is 4.33. The van der Waals surface area contributed by atoms with Gasteiger partial charge in [-0.05, 0) is 89.0 Å². The zero-order chi connectivity index (χ0) is 51.0. The number of ether oxygens (including phenoxy) is 1. The van der Waals surface area contributed by atoms with Crippen molar-refractivity contribution in [1.29, 1.82) is 0 Å². The lowest BCUT2D eigenvalue weighted by Gasteiger charge is -2.38. The SMILES string of the molecule is c1ccc(-c2nc(-c3ccccc3)nc(-c3cccc4oc5ccc(-c6cc7c8c(c6)Sc6cc(-c9cccc%10c9oc9ccccc9%10)ccc6N8c6ccc(-c8cccc9c8oc8ccccc89)cc6O7)cc5c34)n2)cc1. The highest BCUT2D eigenvalue weighted by molar-refractivity contribution is 7.99. The highest BCUT2D eigenvalue weighted by Gasteiger charge is 2.35. The Hall–Kier alpha value is -10.2. The summed E-state index contributed by atoms with van der Waals surface area (Å²) in [5.74, 6) is 3.26. The van der Waals surface area contributed by atoms with Gasteiger partial charge in [0, 0.05) is 69.9 Å². The van der Waals surface area contributed by atoms with Crippen LogP contribution in [0.2, 0.25) is 0 Å². The van der Waals surface area contributed by atoms with Crippen LogP contribution < -0.4 is 9.64 Å². The first-order valence-corrected chi connectivity index (χ1v) is 26.7. The molecule has 2 aliphatic rings. The predicted octanol–water partition coefficient (Wildman–Crippen LogP) is 19.6. The molecule has 8 nitrogen and oxygen atoms in total. The average molecular weight is 1020 g/mol. The van der Waals surface area contributed by atoms with E-state index in [0.29, 0.717) is 17.5 Å². The Morgan fingerprint density at radius 2 is 0.846 bits per heavy atom. The fourth-order valence-electron chi connectivity index (χ4n) is 11.7. The molecule has 364 valence electrons. The van der Waals surface area contributed by atoms with Crippen LogP contribution in [-0.2, 0) is 0 Å². The van der Waals surface area contributed by atoms with Crippen molar-refractivity contribution in [3.63, 3.8) is 0 Å². The summed E-state index contributed by atoms with van der Waals surface area (Å²) in [5.41, 5.74) is 16.8. The summed E-state index contributed by atoms with van der Waals surface area (Å²) in [6.07, 6.45) is 0. The number of aromatic nitrogens is 3. The van der Waals surface area contributed by atoms with Crippen LogP contribution in [-0.4, -0.2) is 15.0 Å². The Bertz CT molecular complexity index is 4760. The molecule has 11 aromatic carbocycles. The summed E-state index contributed by atoms with van der Waals surface area (Å²) in [4.78, 5) is 19.8. The van der Waals surface area contributed by atoms with Crippen LogP contribution in [0, 0.1) is 0 Å². The third-order valence-electron chi connectivity index (χ3n) is 15.3. The maximum atomic E-state index is 7.18. The molecule has 0 aliphatic carbocycles. The van der Waals surface area contributed by atoms with Gasteiger partial charge in [0.25, 0.3) is 0 Å². The second-order valence-electron chi connectivity index (χ2n) is 19.8. The molecule has 0 N–H and O–H groups in total. The molecule has 0 radical (unpaired) electrons. The molecule has 15 aromatic rings. The van der Waals surface area contributed by atoms with Crippen molar-refractivity contribution in [3.05, 3.63) is 231 Å².